The van der Waals surface area contributed by atoms with E-state index in [2.05, 4.69) is 17.0 Å². The third-order valence-corrected chi connectivity index (χ3v) is 5.47. The molecule has 5 heteroatoms. The Labute approximate surface area is 177 Å². The summed E-state index contributed by atoms with van der Waals surface area (Å²) >= 11 is 0. The van der Waals surface area contributed by atoms with Gasteiger partial charge in [0.1, 0.15) is 11.5 Å². The molecule has 0 aromatic heterocycles. The number of nitrogens with zero attached hydrogens (tertiary/aromatic N) is 2. The molecule has 1 aliphatic heterocycles. The fourth-order valence-corrected chi connectivity index (χ4v) is 3.82. The molecule has 1 fully saturated rings. The van der Waals surface area contributed by atoms with E-state index in [4.69, 9.17) is 9.47 Å². The molecule has 1 heterocycles. The molecular formula is C25H28N2O3. The van der Waals surface area contributed by atoms with Crippen LogP contribution in [-0.4, -0.2) is 55.1 Å². The molecule has 0 spiro atoms. The van der Waals surface area contributed by atoms with Gasteiger partial charge in [-0.15, -0.1) is 0 Å². The Bertz CT molecular complexity index is 996. The van der Waals surface area contributed by atoms with Gasteiger partial charge in [-0.25, -0.2) is 0 Å². The van der Waals surface area contributed by atoms with E-state index in [9.17, 15) is 4.79 Å². The quantitative estimate of drug-likeness (QED) is 0.598. The van der Waals surface area contributed by atoms with E-state index < -0.39 is 0 Å². The van der Waals surface area contributed by atoms with Crippen molar-refractivity contribution in [2.45, 2.75) is 13.5 Å². The molecule has 0 unspecified atom stereocenters. The van der Waals surface area contributed by atoms with Crippen LogP contribution in [0.3, 0.4) is 0 Å². The number of amides is 1. The van der Waals surface area contributed by atoms with Crippen LogP contribution in [0, 0.1) is 0 Å². The fourth-order valence-electron chi connectivity index (χ4n) is 3.82. The topological polar surface area (TPSA) is 42.0 Å². The van der Waals surface area contributed by atoms with Crippen LogP contribution in [0.1, 0.15) is 12.5 Å². The van der Waals surface area contributed by atoms with Crippen LogP contribution in [0.2, 0.25) is 0 Å². The van der Waals surface area contributed by atoms with Crippen molar-refractivity contribution in [2.75, 3.05) is 39.4 Å². The van der Waals surface area contributed by atoms with E-state index in [1.807, 2.05) is 66.4 Å². The highest BCUT2D eigenvalue weighted by atomic mass is 16.5. The SMILES string of the molecule is CCOc1ccccc1CN1CCN(C(=O)COc2ccc3ccccc3c2)CC1. The van der Waals surface area contributed by atoms with Gasteiger partial charge < -0.3 is 14.4 Å². The average molecular weight is 405 g/mol. The zero-order valence-electron chi connectivity index (χ0n) is 17.4. The number of para-hydroxylation sites is 1. The second-order valence-electron chi connectivity index (χ2n) is 7.50. The van der Waals surface area contributed by atoms with Crippen LogP contribution in [0.5, 0.6) is 11.5 Å². The Morgan fingerprint density at radius 3 is 2.40 bits per heavy atom. The number of benzene rings is 3. The van der Waals surface area contributed by atoms with Crippen molar-refractivity contribution in [3.8, 4) is 11.5 Å². The number of hydrogen-bond donors (Lipinski definition) is 0. The summed E-state index contributed by atoms with van der Waals surface area (Å²) in [5, 5.41) is 2.28. The minimum atomic E-state index is 0.0394. The number of carbonyl (C=O) groups excluding carboxylic acids is 1. The molecule has 1 saturated heterocycles. The largest absolute Gasteiger partial charge is 0.494 e. The lowest BCUT2D eigenvalue weighted by Crippen LogP contribution is -2.49. The zero-order chi connectivity index (χ0) is 20.8. The predicted molar refractivity (Wildman–Crippen MR) is 119 cm³/mol. The smallest absolute Gasteiger partial charge is 0.260 e. The third kappa shape index (κ3) is 4.92. The van der Waals surface area contributed by atoms with Gasteiger partial charge in [-0.2, -0.15) is 0 Å². The van der Waals surface area contributed by atoms with Crippen LogP contribution in [0.15, 0.2) is 66.7 Å². The molecule has 0 bridgehead atoms. The molecule has 1 aliphatic rings. The summed E-state index contributed by atoms with van der Waals surface area (Å²) in [5.41, 5.74) is 1.19. The number of fused-ring (bicyclic) bond motifs is 1. The molecule has 156 valence electrons. The molecular weight excluding hydrogens is 376 g/mol. The van der Waals surface area contributed by atoms with Crippen LogP contribution >= 0.6 is 0 Å². The normalized spacial score (nSPS) is 14.6. The highest BCUT2D eigenvalue weighted by Crippen LogP contribution is 2.22. The molecule has 0 radical (unpaired) electrons. The maximum Gasteiger partial charge on any atom is 0.260 e. The number of rotatable bonds is 7. The minimum absolute atomic E-state index is 0.0394. The molecule has 30 heavy (non-hydrogen) atoms. The Hall–Kier alpha value is -3.05. The van der Waals surface area contributed by atoms with Gasteiger partial charge in [0.25, 0.3) is 5.91 Å². The molecule has 5 nitrogen and oxygen atoms in total. The summed E-state index contributed by atoms with van der Waals surface area (Å²) in [6, 6.07) is 22.2. The lowest BCUT2D eigenvalue weighted by atomic mass is 10.1. The van der Waals surface area contributed by atoms with E-state index >= 15 is 0 Å². The first-order valence-electron chi connectivity index (χ1n) is 10.6. The van der Waals surface area contributed by atoms with Gasteiger partial charge in [0, 0.05) is 38.3 Å². The minimum Gasteiger partial charge on any atom is -0.494 e. The maximum atomic E-state index is 12.6. The molecule has 0 N–H and O–H groups in total. The van der Waals surface area contributed by atoms with Gasteiger partial charge in [-0.05, 0) is 35.9 Å². The van der Waals surface area contributed by atoms with E-state index in [0.29, 0.717) is 6.61 Å². The van der Waals surface area contributed by atoms with E-state index in [0.717, 1.165) is 49.6 Å². The lowest BCUT2D eigenvalue weighted by molar-refractivity contribution is -0.135. The van der Waals surface area contributed by atoms with Crippen molar-refractivity contribution in [2.24, 2.45) is 0 Å². The standard InChI is InChI=1S/C25H28N2O3/c1-2-29-24-10-6-5-9-22(24)18-26-13-15-27(16-14-26)25(28)19-30-23-12-11-20-7-3-4-8-21(20)17-23/h3-12,17H,2,13-16,18-19H2,1H3. The lowest BCUT2D eigenvalue weighted by Gasteiger charge is -2.35. The van der Waals surface area contributed by atoms with Gasteiger partial charge in [0.15, 0.2) is 6.61 Å². The summed E-state index contributed by atoms with van der Waals surface area (Å²) in [7, 11) is 0. The summed E-state index contributed by atoms with van der Waals surface area (Å²) in [6.45, 7) is 6.72. The van der Waals surface area contributed by atoms with E-state index in [1.165, 1.54) is 10.9 Å². The van der Waals surface area contributed by atoms with Gasteiger partial charge in [-0.1, -0.05) is 48.5 Å². The molecule has 3 aromatic carbocycles. The first-order valence-corrected chi connectivity index (χ1v) is 10.6. The second-order valence-corrected chi connectivity index (χ2v) is 7.50. The summed E-state index contributed by atoms with van der Waals surface area (Å²) in [4.78, 5) is 16.9. The molecule has 0 aliphatic carbocycles. The molecule has 3 aromatic rings. The highest BCUT2D eigenvalue weighted by molar-refractivity contribution is 5.84. The second kappa shape index (κ2) is 9.63. The van der Waals surface area contributed by atoms with E-state index in [-0.39, 0.29) is 12.5 Å². The maximum absolute atomic E-state index is 12.6. The summed E-state index contributed by atoms with van der Waals surface area (Å²) < 4.78 is 11.5. The van der Waals surface area contributed by atoms with Crippen molar-refractivity contribution >= 4 is 16.7 Å². The van der Waals surface area contributed by atoms with Crippen molar-refractivity contribution < 1.29 is 14.3 Å². The van der Waals surface area contributed by atoms with Crippen molar-refractivity contribution in [1.82, 2.24) is 9.80 Å². The van der Waals surface area contributed by atoms with E-state index in [1.54, 1.807) is 0 Å². The molecule has 0 atom stereocenters. The van der Waals surface area contributed by atoms with Gasteiger partial charge in [0.2, 0.25) is 0 Å². The van der Waals surface area contributed by atoms with Crippen molar-refractivity contribution in [1.29, 1.82) is 0 Å². The van der Waals surface area contributed by atoms with Crippen LogP contribution in [-0.2, 0) is 11.3 Å². The van der Waals surface area contributed by atoms with Gasteiger partial charge in [-0.3, -0.25) is 9.69 Å². The predicted octanol–water partition coefficient (Wildman–Crippen LogP) is 3.96. The van der Waals surface area contributed by atoms with Crippen molar-refractivity contribution in [3.63, 3.8) is 0 Å². The Kier molecular flexibility index (Phi) is 6.50. The molecule has 4 rings (SSSR count). The average Bonchev–Trinajstić information content (AvgIpc) is 2.79. The first-order chi connectivity index (χ1) is 14.7. The summed E-state index contributed by atoms with van der Waals surface area (Å²) in [5.74, 6) is 1.72. The Morgan fingerprint density at radius 1 is 0.867 bits per heavy atom. The van der Waals surface area contributed by atoms with Gasteiger partial charge >= 0.3 is 0 Å². The van der Waals surface area contributed by atoms with Crippen molar-refractivity contribution in [3.05, 3.63) is 72.3 Å². The molecule has 1 amide bonds. The highest BCUT2D eigenvalue weighted by Gasteiger charge is 2.22. The van der Waals surface area contributed by atoms with Crippen LogP contribution in [0.25, 0.3) is 10.8 Å². The Balaban J connectivity index is 1.27. The van der Waals surface area contributed by atoms with Crippen LogP contribution in [0.4, 0.5) is 0 Å². The first kappa shape index (κ1) is 20.2. The number of carbonyl (C=O) groups is 1. The zero-order valence-corrected chi connectivity index (χ0v) is 17.4. The van der Waals surface area contributed by atoms with Gasteiger partial charge in [0.05, 0.1) is 6.61 Å². The molecule has 0 saturated carbocycles. The summed E-state index contributed by atoms with van der Waals surface area (Å²) in [6.07, 6.45) is 0. The number of ether oxygens (including phenoxy) is 2. The number of hydrogen-bond acceptors (Lipinski definition) is 4. The van der Waals surface area contributed by atoms with Crippen LogP contribution < -0.4 is 9.47 Å². The third-order valence-electron chi connectivity index (χ3n) is 5.47. The number of piperazine rings is 1. The Morgan fingerprint density at radius 2 is 1.60 bits per heavy atom. The monoisotopic (exact) mass is 404 g/mol. The fraction of sp³-hybridized carbons (Fsp3) is 0.320.